The zero-order chi connectivity index (χ0) is 18.9. The van der Waals surface area contributed by atoms with Crippen molar-refractivity contribution < 1.29 is 13.2 Å². The van der Waals surface area contributed by atoms with E-state index < -0.39 is 9.84 Å². The van der Waals surface area contributed by atoms with Crippen LogP contribution in [0.15, 0.2) is 30.5 Å². The average molecular weight is 395 g/mol. The molecular formula is C17H19ClN4O3S. The molecular weight excluding hydrogens is 376 g/mol. The number of aryl methyl sites for hydroxylation is 1. The minimum Gasteiger partial charge on any atom is -0.340 e. The molecule has 0 aliphatic carbocycles. The summed E-state index contributed by atoms with van der Waals surface area (Å²) < 4.78 is 23.3. The highest BCUT2D eigenvalue weighted by Crippen LogP contribution is 2.22. The second-order valence-corrected chi connectivity index (χ2v) is 8.99. The highest BCUT2D eigenvalue weighted by molar-refractivity contribution is 7.91. The van der Waals surface area contributed by atoms with Gasteiger partial charge in [-0.05, 0) is 37.1 Å². The van der Waals surface area contributed by atoms with Crippen LogP contribution in [0.4, 0.5) is 11.6 Å². The molecule has 138 valence electrons. The molecule has 2 heterocycles. The summed E-state index contributed by atoms with van der Waals surface area (Å²) in [5, 5.41) is 3.31. The number of amides is 1. The van der Waals surface area contributed by atoms with Crippen molar-refractivity contribution >= 4 is 39.0 Å². The predicted molar refractivity (Wildman–Crippen MR) is 102 cm³/mol. The van der Waals surface area contributed by atoms with Gasteiger partial charge in [-0.3, -0.25) is 4.79 Å². The van der Waals surface area contributed by atoms with E-state index in [4.69, 9.17) is 11.6 Å². The minimum atomic E-state index is -3.01. The van der Waals surface area contributed by atoms with E-state index in [9.17, 15) is 13.2 Å². The van der Waals surface area contributed by atoms with Gasteiger partial charge in [-0.1, -0.05) is 17.7 Å². The standard InChI is InChI=1S/C17H19ClN4O3S/c1-11-3-4-12(18)9-15(11)20-16(23)14-5-7-19-17(21-14)22(2)13-6-8-26(24,25)10-13/h3-5,7,9,13H,6,8,10H2,1-2H3,(H,20,23). The first-order valence-electron chi connectivity index (χ1n) is 8.09. The summed E-state index contributed by atoms with van der Waals surface area (Å²) in [6.45, 7) is 1.87. The number of benzene rings is 1. The zero-order valence-corrected chi connectivity index (χ0v) is 16.0. The van der Waals surface area contributed by atoms with Gasteiger partial charge in [0.15, 0.2) is 9.84 Å². The van der Waals surface area contributed by atoms with E-state index in [1.807, 2.05) is 13.0 Å². The van der Waals surface area contributed by atoms with Gasteiger partial charge in [-0.15, -0.1) is 0 Å². The van der Waals surface area contributed by atoms with Crippen molar-refractivity contribution in [3.8, 4) is 0 Å². The van der Waals surface area contributed by atoms with E-state index in [1.165, 1.54) is 12.3 Å². The first-order valence-corrected chi connectivity index (χ1v) is 10.3. The Labute approximate surface area is 157 Å². The third-order valence-electron chi connectivity index (χ3n) is 4.39. The van der Waals surface area contributed by atoms with Crippen LogP contribution >= 0.6 is 11.6 Å². The molecule has 1 unspecified atom stereocenters. The lowest BCUT2D eigenvalue weighted by Crippen LogP contribution is -2.34. The third-order valence-corrected chi connectivity index (χ3v) is 6.38. The average Bonchev–Trinajstić information content (AvgIpc) is 2.97. The van der Waals surface area contributed by atoms with Gasteiger partial charge in [0, 0.05) is 30.0 Å². The van der Waals surface area contributed by atoms with Gasteiger partial charge in [0.2, 0.25) is 5.95 Å². The molecule has 1 saturated heterocycles. The maximum atomic E-state index is 12.5. The van der Waals surface area contributed by atoms with Crippen LogP contribution in [0.3, 0.4) is 0 Å². The second kappa shape index (κ2) is 7.20. The Bertz CT molecular complexity index is 949. The number of carbonyl (C=O) groups excluding carboxylic acids is 1. The summed E-state index contributed by atoms with van der Waals surface area (Å²) >= 11 is 5.98. The zero-order valence-electron chi connectivity index (χ0n) is 14.4. The number of carbonyl (C=O) groups is 1. The fourth-order valence-corrected chi connectivity index (χ4v) is 4.75. The van der Waals surface area contributed by atoms with E-state index in [0.717, 1.165) is 5.56 Å². The number of sulfone groups is 1. The molecule has 1 aliphatic rings. The molecule has 0 radical (unpaired) electrons. The number of nitrogens with zero attached hydrogens (tertiary/aromatic N) is 3. The van der Waals surface area contributed by atoms with Crippen molar-refractivity contribution in [1.82, 2.24) is 9.97 Å². The second-order valence-electron chi connectivity index (χ2n) is 6.32. The minimum absolute atomic E-state index is 0.0744. The van der Waals surface area contributed by atoms with Crippen molar-refractivity contribution in [2.45, 2.75) is 19.4 Å². The molecule has 0 saturated carbocycles. The molecule has 7 nitrogen and oxygen atoms in total. The van der Waals surface area contributed by atoms with Crippen molar-refractivity contribution in [1.29, 1.82) is 0 Å². The molecule has 0 spiro atoms. The smallest absolute Gasteiger partial charge is 0.274 e. The Morgan fingerprint density at radius 1 is 1.35 bits per heavy atom. The van der Waals surface area contributed by atoms with Crippen molar-refractivity contribution in [2.75, 3.05) is 28.8 Å². The summed E-state index contributed by atoms with van der Waals surface area (Å²) in [5.41, 5.74) is 1.69. The molecule has 1 aromatic carbocycles. The summed E-state index contributed by atoms with van der Waals surface area (Å²) in [6, 6.07) is 6.57. The molecule has 1 aromatic heterocycles. The molecule has 26 heavy (non-hydrogen) atoms. The maximum absolute atomic E-state index is 12.5. The highest BCUT2D eigenvalue weighted by Gasteiger charge is 2.31. The SMILES string of the molecule is Cc1ccc(Cl)cc1NC(=O)c1ccnc(N(C)C2CCS(=O)(=O)C2)n1. The largest absolute Gasteiger partial charge is 0.340 e. The molecule has 1 fully saturated rings. The fourth-order valence-electron chi connectivity index (χ4n) is 2.80. The Morgan fingerprint density at radius 2 is 2.12 bits per heavy atom. The van der Waals surface area contributed by atoms with Crippen LogP contribution in [0, 0.1) is 6.92 Å². The number of rotatable bonds is 4. The van der Waals surface area contributed by atoms with Crippen LogP contribution in [-0.4, -0.2) is 48.9 Å². The summed E-state index contributed by atoms with van der Waals surface area (Å²) in [6.07, 6.45) is 2.02. The molecule has 9 heteroatoms. The van der Waals surface area contributed by atoms with E-state index >= 15 is 0 Å². The molecule has 1 N–H and O–H groups in total. The van der Waals surface area contributed by atoms with Crippen LogP contribution in [0.2, 0.25) is 5.02 Å². The monoisotopic (exact) mass is 394 g/mol. The van der Waals surface area contributed by atoms with Crippen molar-refractivity contribution in [3.05, 3.63) is 46.7 Å². The Balaban J connectivity index is 1.78. The van der Waals surface area contributed by atoms with Gasteiger partial charge in [0.1, 0.15) is 5.69 Å². The summed E-state index contributed by atoms with van der Waals surface area (Å²) in [4.78, 5) is 22.7. The van der Waals surface area contributed by atoms with E-state index in [0.29, 0.717) is 23.1 Å². The number of anilines is 2. The van der Waals surface area contributed by atoms with E-state index in [1.54, 1.807) is 24.1 Å². The lowest BCUT2D eigenvalue weighted by molar-refractivity contribution is 0.102. The predicted octanol–water partition coefficient (Wildman–Crippen LogP) is 2.31. The first-order chi connectivity index (χ1) is 12.2. The van der Waals surface area contributed by atoms with E-state index in [-0.39, 0.29) is 29.1 Å². The van der Waals surface area contributed by atoms with Crippen LogP contribution in [0.5, 0.6) is 0 Å². The Morgan fingerprint density at radius 3 is 2.81 bits per heavy atom. The molecule has 3 rings (SSSR count). The maximum Gasteiger partial charge on any atom is 0.274 e. The molecule has 1 amide bonds. The number of hydrogen-bond donors (Lipinski definition) is 1. The van der Waals surface area contributed by atoms with Gasteiger partial charge in [-0.2, -0.15) is 0 Å². The topological polar surface area (TPSA) is 92.3 Å². The third kappa shape index (κ3) is 4.13. The van der Waals surface area contributed by atoms with Gasteiger partial charge >= 0.3 is 0 Å². The molecule has 2 aromatic rings. The lowest BCUT2D eigenvalue weighted by atomic mass is 10.2. The summed E-state index contributed by atoms with van der Waals surface area (Å²) in [7, 11) is -1.27. The molecule has 1 atom stereocenters. The number of aromatic nitrogens is 2. The van der Waals surface area contributed by atoms with Crippen LogP contribution in [0.25, 0.3) is 0 Å². The Hall–Kier alpha value is -2.19. The number of halogens is 1. The molecule has 1 aliphatic heterocycles. The fraction of sp³-hybridized carbons (Fsp3) is 0.353. The number of hydrogen-bond acceptors (Lipinski definition) is 6. The van der Waals surface area contributed by atoms with Crippen LogP contribution in [-0.2, 0) is 9.84 Å². The van der Waals surface area contributed by atoms with Crippen LogP contribution in [0.1, 0.15) is 22.5 Å². The quantitative estimate of drug-likeness (QED) is 0.855. The van der Waals surface area contributed by atoms with Gasteiger partial charge < -0.3 is 10.2 Å². The Kier molecular flexibility index (Phi) is 5.15. The van der Waals surface area contributed by atoms with Crippen molar-refractivity contribution in [2.24, 2.45) is 0 Å². The first kappa shape index (κ1) is 18.6. The molecule has 0 bridgehead atoms. The van der Waals surface area contributed by atoms with Gasteiger partial charge in [0.25, 0.3) is 5.91 Å². The van der Waals surface area contributed by atoms with Gasteiger partial charge in [0.05, 0.1) is 11.5 Å². The number of nitrogens with one attached hydrogen (secondary N) is 1. The van der Waals surface area contributed by atoms with E-state index in [2.05, 4.69) is 15.3 Å². The summed E-state index contributed by atoms with van der Waals surface area (Å²) in [5.74, 6) is 0.176. The lowest BCUT2D eigenvalue weighted by Gasteiger charge is -2.23. The van der Waals surface area contributed by atoms with Crippen LogP contribution < -0.4 is 10.2 Å². The highest BCUT2D eigenvalue weighted by atomic mass is 35.5. The van der Waals surface area contributed by atoms with Crippen molar-refractivity contribution in [3.63, 3.8) is 0 Å². The normalized spacial score (nSPS) is 18.5. The van der Waals surface area contributed by atoms with Gasteiger partial charge in [-0.25, -0.2) is 18.4 Å².